The Morgan fingerprint density at radius 1 is 1.83 bits per heavy atom. The summed E-state index contributed by atoms with van der Waals surface area (Å²) in [6, 6.07) is 0. The maximum absolute atomic E-state index is 10.5. The SMILES string of the molecule is CCC(C)c1cnc(C(=O)O)s1. The Kier molecular flexibility index (Phi) is 2.81. The molecule has 0 aliphatic heterocycles. The molecule has 1 atom stereocenters. The lowest BCUT2D eigenvalue weighted by atomic mass is 10.1. The largest absolute Gasteiger partial charge is 0.476 e. The van der Waals surface area contributed by atoms with Crippen LogP contribution >= 0.6 is 11.3 Å². The van der Waals surface area contributed by atoms with Gasteiger partial charge in [-0.05, 0) is 12.3 Å². The minimum atomic E-state index is -0.936. The smallest absolute Gasteiger partial charge is 0.365 e. The van der Waals surface area contributed by atoms with Crippen LogP contribution < -0.4 is 0 Å². The molecule has 0 saturated heterocycles. The molecular formula is C8H11NO2S. The van der Waals surface area contributed by atoms with E-state index in [9.17, 15) is 4.79 Å². The number of aromatic carboxylic acids is 1. The van der Waals surface area contributed by atoms with Gasteiger partial charge in [-0.25, -0.2) is 9.78 Å². The monoisotopic (exact) mass is 185 g/mol. The Bertz CT molecular complexity index is 282. The van der Waals surface area contributed by atoms with Crippen LogP contribution in [-0.2, 0) is 0 Å². The summed E-state index contributed by atoms with van der Waals surface area (Å²) in [6.07, 6.45) is 2.67. The average molecular weight is 185 g/mol. The summed E-state index contributed by atoms with van der Waals surface area (Å²) in [5, 5.41) is 8.79. The van der Waals surface area contributed by atoms with Crippen molar-refractivity contribution in [3.05, 3.63) is 16.1 Å². The first-order valence-electron chi connectivity index (χ1n) is 3.84. The van der Waals surface area contributed by atoms with E-state index in [2.05, 4.69) is 18.8 Å². The number of thiazole rings is 1. The van der Waals surface area contributed by atoms with Crippen molar-refractivity contribution in [1.82, 2.24) is 4.98 Å². The molecular weight excluding hydrogens is 174 g/mol. The molecule has 4 heteroatoms. The van der Waals surface area contributed by atoms with E-state index in [1.165, 1.54) is 11.3 Å². The fourth-order valence-corrected chi connectivity index (χ4v) is 1.70. The van der Waals surface area contributed by atoms with E-state index in [1.807, 2.05) is 0 Å². The van der Waals surface area contributed by atoms with Gasteiger partial charge in [-0.15, -0.1) is 11.3 Å². The number of rotatable bonds is 3. The zero-order valence-electron chi connectivity index (χ0n) is 7.07. The van der Waals surface area contributed by atoms with Crippen molar-refractivity contribution in [2.24, 2.45) is 0 Å². The molecule has 1 unspecified atom stereocenters. The summed E-state index contributed by atoms with van der Waals surface area (Å²) in [5.74, 6) is -0.523. The molecule has 66 valence electrons. The molecule has 12 heavy (non-hydrogen) atoms. The van der Waals surface area contributed by atoms with Crippen LogP contribution in [-0.4, -0.2) is 16.1 Å². The normalized spacial score (nSPS) is 12.8. The summed E-state index contributed by atoms with van der Waals surface area (Å²) in [5.41, 5.74) is 0. The standard InChI is InChI=1S/C8H11NO2S/c1-3-5(2)6-4-9-7(12-6)8(10)11/h4-5H,3H2,1-2H3,(H,10,11). The Hall–Kier alpha value is -0.900. The van der Waals surface area contributed by atoms with Crippen LogP contribution in [0.2, 0.25) is 0 Å². The van der Waals surface area contributed by atoms with Gasteiger partial charge in [-0.2, -0.15) is 0 Å². The third-order valence-corrected chi connectivity index (χ3v) is 3.02. The molecule has 3 nitrogen and oxygen atoms in total. The van der Waals surface area contributed by atoms with Gasteiger partial charge >= 0.3 is 5.97 Å². The van der Waals surface area contributed by atoms with E-state index >= 15 is 0 Å². The van der Waals surface area contributed by atoms with Crippen molar-refractivity contribution < 1.29 is 9.90 Å². The van der Waals surface area contributed by atoms with Crippen molar-refractivity contribution >= 4 is 17.3 Å². The van der Waals surface area contributed by atoms with Crippen LogP contribution in [0.15, 0.2) is 6.20 Å². The zero-order chi connectivity index (χ0) is 9.14. The summed E-state index contributed by atoms with van der Waals surface area (Å²) in [6.45, 7) is 4.14. The number of carbonyl (C=O) groups is 1. The van der Waals surface area contributed by atoms with Gasteiger partial charge in [-0.3, -0.25) is 0 Å². The van der Waals surface area contributed by atoms with Gasteiger partial charge in [0.25, 0.3) is 0 Å². The summed E-state index contributed by atoms with van der Waals surface area (Å²) in [7, 11) is 0. The highest BCUT2D eigenvalue weighted by atomic mass is 32.1. The molecule has 0 aliphatic rings. The van der Waals surface area contributed by atoms with Gasteiger partial charge in [-0.1, -0.05) is 13.8 Å². The maximum atomic E-state index is 10.5. The topological polar surface area (TPSA) is 50.2 Å². The molecule has 0 bridgehead atoms. The van der Waals surface area contributed by atoms with Crippen LogP contribution in [0.3, 0.4) is 0 Å². The molecule has 1 aromatic rings. The van der Waals surface area contributed by atoms with Gasteiger partial charge in [0.15, 0.2) is 0 Å². The molecule has 0 fully saturated rings. The Morgan fingerprint density at radius 2 is 2.50 bits per heavy atom. The minimum absolute atomic E-state index is 0.185. The van der Waals surface area contributed by atoms with Gasteiger partial charge in [0.1, 0.15) is 0 Å². The van der Waals surface area contributed by atoms with Crippen LogP contribution in [0.25, 0.3) is 0 Å². The molecule has 0 radical (unpaired) electrons. The summed E-state index contributed by atoms with van der Waals surface area (Å²) < 4.78 is 0. The van der Waals surface area contributed by atoms with E-state index in [0.29, 0.717) is 5.92 Å². The van der Waals surface area contributed by atoms with Gasteiger partial charge in [0.2, 0.25) is 5.01 Å². The quantitative estimate of drug-likeness (QED) is 0.786. The molecule has 0 aliphatic carbocycles. The Labute approximate surface area is 75.1 Å². The molecule has 0 aromatic carbocycles. The van der Waals surface area contributed by atoms with Crippen molar-refractivity contribution in [2.45, 2.75) is 26.2 Å². The van der Waals surface area contributed by atoms with Crippen molar-refractivity contribution in [2.75, 3.05) is 0 Å². The van der Waals surface area contributed by atoms with E-state index in [1.54, 1.807) is 6.20 Å². The predicted octanol–water partition coefficient (Wildman–Crippen LogP) is 2.35. The molecule has 0 amide bonds. The minimum Gasteiger partial charge on any atom is -0.476 e. The number of hydrogen-bond donors (Lipinski definition) is 1. The van der Waals surface area contributed by atoms with Gasteiger partial charge in [0.05, 0.1) is 0 Å². The van der Waals surface area contributed by atoms with Crippen LogP contribution in [0.1, 0.15) is 40.9 Å². The highest BCUT2D eigenvalue weighted by Gasteiger charge is 2.11. The molecule has 0 spiro atoms. The highest BCUT2D eigenvalue weighted by Crippen LogP contribution is 2.24. The number of carboxylic acid groups (broad SMARTS) is 1. The lowest BCUT2D eigenvalue weighted by molar-refractivity contribution is 0.0696. The zero-order valence-corrected chi connectivity index (χ0v) is 7.89. The Balaban J connectivity index is 2.84. The number of aromatic nitrogens is 1. The lowest BCUT2D eigenvalue weighted by Gasteiger charge is -2.01. The first-order valence-corrected chi connectivity index (χ1v) is 4.65. The van der Waals surface area contributed by atoms with Crippen LogP contribution in [0, 0.1) is 0 Å². The van der Waals surface area contributed by atoms with Crippen molar-refractivity contribution in [3.63, 3.8) is 0 Å². The Morgan fingerprint density at radius 3 is 2.92 bits per heavy atom. The van der Waals surface area contributed by atoms with Gasteiger partial charge in [0, 0.05) is 11.1 Å². The predicted molar refractivity (Wildman–Crippen MR) is 47.8 cm³/mol. The van der Waals surface area contributed by atoms with Crippen LogP contribution in [0.4, 0.5) is 0 Å². The summed E-state index contributed by atoms with van der Waals surface area (Å²) in [4.78, 5) is 15.3. The van der Waals surface area contributed by atoms with Crippen molar-refractivity contribution in [1.29, 1.82) is 0 Å². The molecule has 1 heterocycles. The van der Waals surface area contributed by atoms with Gasteiger partial charge < -0.3 is 5.11 Å². The third-order valence-electron chi connectivity index (χ3n) is 1.80. The summed E-state index contributed by atoms with van der Waals surface area (Å²) >= 11 is 1.26. The highest BCUT2D eigenvalue weighted by molar-refractivity contribution is 7.13. The molecule has 1 aromatic heterocycles. The second-order valence-corrected chi connectivity index (χ2v) is 3.74. The molecule has 1 N–H and O–H groups in total. The molecule has 0 saturated carbocycles. The third kappa shape index (κ3) is 1.82. The number of carboxylic acids is 1. The first kappa shape index (κ1) is 9.19. The lowest BCUT2D eigenvalue weighted by Crippen LogP contribution is -1.92. The van der Waals surface area contributed by atoms with E-state index in [4.69, 9.17) is 5.11 Å². The number of hydrogen-bond acceptors (Lipinski definition) is 3. The molecule has 1 rings (SSSR count). The van der Waals surface area contributed by atoms with E-state index < -0.39 is 5.97 Å². The fraction of sp³-hybridized carbons (Fsp3) is 0.500. The van der Waals surface area contributed by atoms with E-state index in [0.717, 1.165) is 11.3 Å². The maximum Gasteiger partial charge on any atom is 0.365 e. The number of nitrogens with zero attached hydrogens (tertiary/aromatic N) is 1. The van der Waals surface area contributed by atoms with E-state index in [-0.39, 0.29) is 5.01 Å². The second kappa shape index (κ2) is 3.67. The first-order chi connectivity index (χ1) is 5.65. The average Bonchev–Trinajstić information content (AvgIpc) is 2.51. The van der Waals surface area contributed by atoms with Crippen LogP contribution in [0.5, 0.6) is 0 Å². The fourth-order valence-electron chi connectivity index (χ4n) is 0.814. The second-order valence-electron chi connectivity index (χ2n) is 2.68. The van der Waals surface area contributed by atoms with Crippen molar-refractivity contribution in [3.8, 4) is 0 Å².